The molecule has 0 bridgehead atoms. The lowest BCUT2D eigenvalue weighted by molar-refractivity contribution is 0.578. The van der Waals surface area contributed by atoms with Crippen LogP contribution in [0.25, 0.3) is 11.4 Å². The number of aromatic nitrogens is 2. The molecule has 1 aliphatic heterocycles. The first-order chi connectivity index (χ1) is 12.6. The molecule has 0 N–H and O–H groups in total. The van der Waals surface area contributed by atoms with Gasteiger partial charge in [-0.2, -0.15) is 0 Å². The summed E-state index contributed by atoms with van der Waals surface area (Å²) in [5, 5.41) is 0. The van der Waals surface area contributed by atoms with E-state index in [2.05, 4.69) is 30.9 Å². The Kier molecular flexibility index (Phi) is 4.59. The highest BCUT2D eigenvalue weighted by Crippen LogP contribution is 2.33. The van der Waals surface area contributed by atoms with Gasteiger partial charge in [0.2, 0.25) is 0 Å². The van der Waals surface area contributed by atoms with Crippen molar-refractivity contribution in [2.24, 2.45) is 4.99 Å². The van der Waals surface area contributed by atoms with E-state index in [1.165, 1.54) is 18.2 Å². The largest absolute Gasteiger partial charge is 0.281 e. The van der Waals surface area contributed by atoms with E-state index >= 15 is 0 Å². The first-order valence-electron chi connectivity index (χ1n) is 8.21. The van der Waals surface area contributed by atoms with Crippen molar-refractivity contribution in [2.45, 2.75) is 18.9 Å². The Morgan fingerprint density at radius 1 is 0.923 bits per heavy atom. The fourth-order valence-corrected chi connectivity index (χ4v) is 3.32. The molecule has 2 heterocycles. The van der Waals surface area contributed by atoms with Gasteiger partial charge in [-0.05, 0) is 46.5 Å². The van der Waals surface area contributed by atoms with Gasteiger partial charge in [-0.3, -0.25) is 4.99 Å². The normalized spacial score (nSPS) is 16.6. The molecule has 0 saturated carbocycles. The highest BCUT2D eigenvalue weighted by atomic mass is 79.9. The number of nitrogens with zero attached hydrogens (tertiary/aromatic N) is 3. The van der Waals surface area contributed by atoms with E-state index in [0.717, 1.165) is 22.0 Å². The van der Waals surface area contributed by atoms with Gasteiger partial charge in [0.1, 0.15) is 11.6 Å². The predicted molar refractivity (Wildman–Crippen MR) is 100 cm³/mol. The summed E-state index contributed by atoms with van der Waals surface area (Å²) in [7, 11) is 0. The van der Waals surface area contributed by atoms with Gasteiger partial charge < -0.3 is 0 Å². The molecule has 1 aromatic heterocycles. The second-order valence-electron chi connectivity index (χ2n) is 6.07. The summed E-state index contributed by atoms with van der Waals surface area (Å²) in [5.41, 5.74) is 2.40. The van der Waals surface area contributed by atoms with Crippen LogP contribution in [0, 0.1) is 11.6 Å². The van der Waals surface area contributed by atoms with E-state index < -0.39 is 11.6 Å². The Morgan fingerprint density at radius 2 is 1.58 bits per heavy atom. The van der Waals surface area contributed by atoms with Gasteiger partial charge >= 0.3 is 0 Å². The topological polar surface area (TPSA) is 38.1 Å². The van der Waals surface area contributed by atoms with E-state index in [4.69, 9.17) is 0 Å². The van der Waals surface area contributed by atoms with Crippen LogP contribution in [-0.2, 0) is 0 Å². The maximum absolute atomic E-state index is 14.0. The zero-order valence-electron chi connectivity index (χ0n) is 13.7. The zero-order chi connectivity index (χ0) is 18.1. The molecular weight excluding hydrogens is 400 g/mol. The van der Waals surface area contributed by atoms with Crippen LogP contribution in [0.2, 0.25) is 0 Å². The molecule has 4 rings (SSSR count). The van der Waals surface area contributed by atoms with E-state index in [9.17, 15) is 8.78 Å². The minimum atomic E-state index is -0.563. The molecule has 0 radical (unpaired) electrons. The lowest BCUT2D eigenvalue weighted by Gasteiger charge is -2.08. The van der Waals surface area contributed by atoms with Gasteiger partial charge in [0, 0.05) is 23.7 Å². The van der Waals surface area contributed by atoms with Crippen molar-refractivity contribution < 1.29 is 8.78 Å². The third-order valence-corrected chi connectivity index (χ3v) is 4.80. The number of hydrogen-bond acceptors (Lipinski definition) is 3. The zero-order valence-corrected chi connectivity index (χ0v) is 15.2. The summed E-state index contributed by atoms with van der Waals surface area (Å²) in [6, 6.07) is 11.6. The van der Waals surface area contributed by atoms with Crippen molar-refractivity contribution in [3.63, 3.8) is 0 Å². The molecule has 0 aliphatic carbocycles. The predicted octanol–water partition coefficient (Wildman–Crippen LogP) is 5.51. The molecule has 1 atom stereocenters. The van der Waals surface area contributed by atoms with E-state index in [1.807, 2.05) is 24.3 Å². The Labute approximate surface area is 158 Å². The van der Waals surface area contributed by atoms with Crippen LogP contribution in [-0.4, -0.2) is 15.7 Å². The molecule has 0 saturated heterocycles. The third kappa shape index (κ3) is 3.29. The summed E-state index contributed by atoms with van der Waals surface area (Å²) >= 11 is 3.32. The van der Waals surface area contributed by atoms with Crippen LogP contribution in [0.15, 0.2) is 64.3 Å². The van der Waals surface area contributed by atoms with Crippen LogP contribution in [0.4, 0.5) is 8.78 Å². The van der Waals surface area contributed by atoms with E-state index in [0.29, 0.717) is 18.0 Å². The fraction of sp³-hybridized carbons (Fsp3) is 0.150. The number of rotatable bonds is 3. The van der Waals surface area contributed by atoms with Crippen molar-refractivity contribution in [1.29, 1.82) is 0 Å². The molecule has 6 heteroatoms. The summed E-state index contributed by atoms with van der Waals surface area (Å²) in [5.74, 6) is -0.483. The average Bonchev–Trinajstić information content (AvgIpc) is 3.12. The Hall–Kier alpha value is -2.47. The number of aliphatic imine (C=N–C) groups is 1. The van der Waals surface area contributed by atoms with Crippen LogP contribution in [0.1, 0.15) is 30.0 Å². The van der Waals surface area contributed by atoms with Gasteiger partial charge in [0.15, 0.2) is 5.82 Å². The van der Waals surface area contributed by atoms with Crippen molar-refractivity contribution in [3.05, 3.63) is 82.1 Å². The minimum absolute atomic E-state index is 0.00474. The second-order valence-corrected chi connectivity index (χ2v) is 6.99. The fourth-order valence-electron chi connectivity index (χ4n) is 3.11. The number of halogens is 3. The molecule has 2 aromatic carbocycles. The van der Waals surface area contributed by atoms with Crippen molar-refractivity contribution in [3.8, 4) is 11.4 Å². The van der Waals surface area contributed by atoms with Gasteiger partial charge in [-0.1, -0.05) is 30.3 Å². The van der Waals surface area contributed by atoms with Gasteiger partial charge in [-0.15, -0.1) is 0 Å². The maximum Gasteiger partial charge on any atom is 0.159 e. The van der Waals surface area contributed by atoms with Gasteiger partial charge in [0.25, 0.3) is 0 Å². The first kappa shape index (κ1) is 17.0. The van der Waals surface area contributed by atoms with Gasteiger partial charge in [0.05, 0.1) is 16.1 Å². The quantitative estimate of drug-likeness (QED) is 0.567. The van der Waals surface area contributed by atoms with Crippen LogP contribution < -0.4 is 0 Å². The van der Waals surface area contributed by atoms with Gasteiger partial charge in [-0.25, -0.2) is 18.7 Å². The molecular formula is C20H14BrF2N3. The molecule has 3 aromatic rings. The van der Waals surface area contributed by atoms with Crippen molar-refractivity contribution >= 4 is 21.6 Å². The first-order valence-corrected chi connectivity index (χ1v) is 9.00. The molecule has 26 heavy (non-hydrogen) atoms. The number of benzene rings is 2. The summed E-state index contributed by atoms with van der Waals surface area (Å²) < 4.78 is 28.8. The Balaban J connectivity index is 1.59. The van der Waals surface area contributed by atoms with Crippen LogP contribution >= 0.6 is 15.9 Å². The molecule has 130 valence electrons. The summed E-state index contributed by atoms with van der Waals surface area (Å²) in [6.07, 6.45) is 4.69. The van der Waals surface area contributed by atoms with Crippen LogP contribution in [0.5, 0.6) is 0 Å². The minimum Gasteiger partial charge on any atom is -0.281 e. The number of hydrogen-bond donors (Lipinski definition) is 0. The highest BCUT2D eigenvalue weighted by Gasteiger charge is 2.24. The van der Waals surface area contributed by atoms with Crippen molar-refractivity contribution in [2.75, 3.05) is 0 Å². The average molecular weight is 414 g/mol. The summed E-state index contributed by atoms with van der Waals surface area (Å²) in [4.78, 5) is 13.1. The van der Waals surface area contributed by atoms with E-state index in [1.54, 1.807) is 12.4 Å². The van der Waals surface area contributed by atoms with Crippen molar-refractivity contribution in [1.82, 2.24) is 9.97 Å². The molecule has 0 fully saturated rings. The molecule has 1 unspecified atom stereocenters. The second kappa shape index (κ2) is 7.03. The smallest absolute Gasteiger partial charge is 0.159 e. The monoisotopic (exact) mass is 413 g/mol. The lowest BCUT2D eigenvalue weighted by atomic mass is 10.0. The molecule has 1 aliphatic rings. The lowest BCUT2D eigenvalue weighted by Crippen LogP contribution is -2.03. The summed E-state index contributed by atoms with van der Waals surface area (Å²) in [6.45, 7) is 0. The third-order valence-electron chi connectivity index (χ3n) is 4.39. The Morgan fingerprint density at radius 3 is 2.23 bits per heavy atom. The molecule has 0 amide bonds. The highest BCUT2D eigenvalue weighted by molar-refractivity contribution is 9.10. The van der Waals surface area contributed by atoms with Crippen LogP contribution in [0.3, 0.4) is 0 Å². The SMILES string of the molecule is Fc1cccc(F)c1C1=NC(c2ccc(-c3ncc(Br)cn3)cc2)CC1. The maximum atomic E-state index is 14.0. The molecule has 0 spiro atoms. The Bertz CT molecular complexity index is 949. The standard InChI is InChI=1S/C20H14BrF2N3/c21-14-10-24-20(25-11-14)13-6-4-12(5-7-13)17-8-9-18(26-17)19-15(22)2-1-3-16(19)23/h1-7,10-11,17H,8-9H2. The molecule has 3 nitrogen and oxygen atoms in total. The van der Waals surface area contributed by atoms with E-state index in [-0.39, 0.29) is 11.6 Å².